The van der Waals surface area contributed by atoms with E-state index in [0.29, 0.717) is 13.2 Å². The molecular formula is C20H42O5. The van der Waals surface area contributed by atoms with Crippen molar-refractivity contribution in [3.63, 3.8) is 0 Å². The molecule has 5 heteroatoms. The van der Waals surface area contributed by atoms with Gasteiger partial charge in [0, 0.05) is 0 Å². The molecule has 0 saturated heterocycles. The van der Waals surface area contributed by atoms with Gasteiger partial charge in [-0.2, -0.15) is 0 Å². The summed E-state index contributed by atoms with van der Waals surface area (Å²) >= 11 is 0. The molecule has 152 valence electrons. The molecule has 0 radical (unpaired) electrons. The van der Waals surface area contributed by atoms with Crippen LogP contribution in [0.15, 0.2) is 0 Å². The summed E-state index contributed by atoms with van der Waals surface area (Å²) in [5.74, 6) is 0. The van der Waals surface area contributed by atoms with E-state index in [4.69, 9.17) is 23.7 Å². The molecule has 0 rings (SSSR count). The van der Waals surface area contributed by atoms with Gasteiger partial charge in [-0.3, -0.25) is 0 Å². The molecule has 0 aromatic rings. The normalized spacial score (nSPS) is 14.6. The first-order valence-electron chi connectivity index (χ1n) is 9.15. The van der Waals surface area contributed by atoms with Crippen molar-refractivity contribution in [1.29, 1.82) is 0 Å². The second-order valence-electron chi connectivity index (χ2n) is 10.3. The molecule has 0 heterocycles. The third-order valence-corrected chi connectivity index (χ3v) is 2.45. The Balaban J connectivity index is 4.75. The summed E-state index contributed by atoms with van der Waals surface area (Å²) in [6.45, 7) is 24.6. The Morgan fingerprint density at radius 2 is 0.640 bits per heavy atom. The first-order valence-corrected chi connectivity index (χ1v) is 9.15. The maximum atomic E-state index is 5.97. The highest BCUT2D eigenvalue weighted by molar-refractivity contribution is 4.68. The van der Waals surface area contributed by atoms with Crippen molar-refractivity contribution in [2.75, 3.05) is 13.2 Å². The van der Waals surface area contributed by atoms with Crippen molar-refractivity contribution in [3.8, 4) is 0 Å². The molecule has 0 aliphatic rings. The van der Waals surface area contributed by atoms with E-state index in [2.05, 4.69) is 0 Å². The zero-order valence-corrected chi connectivity index (χ0v) is 18.6. The molecule has 0 saturated carbocycles. The van der Waals surface area contributed by atoms with Crippen molar-refractivity contribution < 1.29 is 23.7 Å². The molecule has 5 nitrogen and oxygen atoms in total. The van der Waals surface area contributed by atoms with Gasteiger partial charge in [-0.15, -0.1) is 0 Å². The smallest absolute Gasteiger partial charge is 0.182 e. The predicted molar refractivity (Wildman–Crippen MR) is 102 cm³/mol. The molecule has 0 amide bonds. The summed E-state index contributed by atoms with van der Waals surface area (Å²) in [7, 11) is 0. The van der Waals surface area contributed by atoms with E-state index in [1.807, 2.05) is 83.1 Å². The van der Waals surface area contributed by atoms with Gasteiger partial charge in [0.1, 0.15) is 0 Å². The van der Waals surface area contributed by atoms with Gasteiger partial charge in [-0.25, -0.2) is 0 Å². The summed E-state index contributed by atoms with van der Waals surface area (Å²) in [5, 5.41) is 0. The van der Waals surface area contributed by atoms with Crippen molar-refractivity contribution in [2.45, 2.75) is 118 Å². The summed E-state index contributed by atoms with van der Waals surface area (Å²) in [5.41, 5.74) is -1.27. The summed E-state index contributed by atoms with van der Waals surface area (Å²) < 4.78 is 29.7. The van der Waals surface area contributed by atoms with Gasteiger partial charge >= 0.3 is 0 Å². The quantitative estimate of drug-likeness (QED) is 0.574. The Hall–Kier alpha value is -0.200. The monoisotopic (exact) mass is 362 g/mol. The van der Waals surface area contributed by atoms with Crippen LogP contribution in [-0.2, 0) is 23.7 Å². The Kier molecular flexibility index (Phi) is 9.06. The highest BCUT2D eigenvalue weighted by atomic mass is 16.7. The third-order valence-electron chi connectivity index (χ3n) is 2.45. The second kappa shape index (κ2) is 9.14. The van der Waals surface area contributed by atoms with Crippen LogP contribution in [0.3, 0.4) is 0 Å². The highest BCUT2D eigenvalue weighted by Crippen LogP contribution is 2.20. The van der Waals surface area contributed by atoms with Crippen LogP contribution in [0.1, 0.15) is 83.1 Å². The Bertz CT molecular complexity index is 298. The molecule has 0 aliphatic heterocycles. The van der Waals surface area contributed by atoms with E-state index in [0.717, 1.165) is 0 Å². The fourth-order valence-electron chi connectivity index (χ4n) is 2.02. The van der Waals surface area contributed by atoms with Crippen LogP contribution in [0.25, 0.3) is 0 Å². The average Bonchev–Trinajstić information content (AvgIpc) is 2.18. The van der Waals surface area contributed by atoms with Crippen LogP contribution in [-0.4, -0.2) is 48.2 Å². The minimum absolute atomic E-state index is 0.312. The van der Waals surface area contributed by atoms with Gasteiger partial charge in [0.25, 0.3) is 0 Å². The standard InChI is InChI=1S/C20H42O5/c1-17(2,3)22-15(23-18(4,5)6)13-21-14-16(24-19(7,8)9)25-20(10,11)12/h15-16H,13-14H2,1-12H3. The summed E-state index contributed by atoms with van der Waals surface area (Å²) in [6.07, 6.45) is -0.908. The third kappa shape index (κ3) is 17.0. The SMILES string of the molecule is CC(C)(C)OC(COCC(OC(C)(C)C)OC(C)(C)C)OC(C)(C)C. The zero-order valence-electron chi connectivity index (χ0n) is 18.6. The molecule has 0 bridgehead atoms. The van der Waals surface area contributed by atoms with E-state index in [9.17, 15) is 0 Å². The molecule has 0 unspecified atom stereocenters. The highest BCUT2D eigenvalue weighted by Gasteiger charge is 2.27. The molecular weight excluding hydrogens is 320 g/mol. The number of ether oxygens (including phenoxy) is 5. The fourth-order valence-corrected chi connectivity index (χ4v) is 2.02. The molecule has 0 spiro atoms. The first kappa shape index (κ1) is 24.8. The number of hydrogen-bond acceptors (Lipinski definition) is 5. The Morgan fingerprint density at radius 1 is 0.440 bits per heavy atom. The Morgan fingerprint density at radius 3 is 0.800 bits per heavy atom. The van der Waals surface area contributed by atoms with Crippen molar-refractivity contribution in [2.24, 2.45) is 0 Å². The first-order chi connectivity index (χ1) is 10.9. The van der Waals surface area contributed by atoms with Crippen molar-refractivity contribution >= 4 is 0 Å². The maximum absolute atomic E-state index is 5.97. The molecule has 0 aliphatic carbocycles. The molecule has 0 N–H and O–H groups in total. The van der Waals surface area contributed by atoms with E-state index >= 15 is 0 Å². The van der Waals surface area contributed by atoms with Gasteiger partial charge in [-0.1, -0.05) is 0 Å². The predicted octanol–water partition coefficient (Wildman–Crippen LogP) is 4.92. The lowest BCUT2D eigenvalue weighted by molar-refractivity contribution is -0.276. The van der Waals surface area contributed by atoms with E-state index < -0.39 is 12.6 Å². The Labute approximate surface area is 155 Å². The van der Waals surface area contributed by atoms with Gasteiger partial charge in [-0.05, 0) is 83.1 Å². The fraction of sp³-hybridized carbons (Fsp3) is 1.00. The lowest BCUT2D eigenvalue weighted by Gasteiger charge is -2.34. The largest absolute Gasteiger partial charge is 0.371 e. The van der Waals surface area contributed by atoms with Crippen LogP contribution < -0.4 is 0 Å². The van der Waals surface area contributed by atoms with Crippen molar-refractivity contribution in [3.05, 3.63) is 0 Å². The van der Waals surface area contributed by atoms with Gasteiger partial charge in [0.05, 0.1) is 35.6 Å². The van der Waals surface area contributed by atoms with Gasteiger partial charge in [0.2, 0.25) is 0 Å². The average molecular weight is 363 g/mol. The molecule has 0 aromatic carbocycles. The topological polar surface area (TPSA) is 46.2 Å². The molecule has 25 heavy (non-hydrogen) atoms. The van der Waals surface area contributed by atoms with Gasteiger partial charge < -0.3 is 23.7 Å². The maximum Gasteiger partial charge on any atom is 0.182 e. The van der Waals surface area contributed by atoms with Crippen LogP contribution >= 0.6 is 0 Å². The van der Waals surface area contributed by atoms with Crippen LogP contribution in [0, 0.1) is 0 Å². The van der Waals surface area contributed by atoms with Gasteiger partial charge in [0.15, 0.2) is 12.6 Å². The second-order valence-corrected chi connectivity index (χ2v) is 10.3. The zero-order chi connectivity index (χ0) is 20.1. The van der Waals surface area contributed by atoms with E-state index in [-0.39, 0.29) is 22.4 Å². The van der Waals surface area contributed by atoms with Crippen LogP contribution in [0.5, 0.6) is 0 Å². The van der Waals surface area contributed by atoms with E-state index in [1.54, 1.807) is 0 Å². The lowest BCUT2D eigenvalue weighted by atomic mass is 10.2. The summed E-state index contributed by atoms with van der Waals surface area (Å²) in [6, 6.07) is 0. The van der Waals surface area contributed by atoms with Crippen LogP contribution in [0.4, 0.5) is 0 Å². The molecule has 0 aromatic heterocycles. The van der Waals surface area contributed by atoms with Crippen LogP contribution in [0.2, 0.25) is 0 Å². The van der Waals surface area contributed by atoms with E-state index in [1.165, 1.54) is 0 Å². The van der Waals surface area contributed by atoms with Crippen molar-refractivity contribution in [1.82, 2.24) is 0 Å². The number of hydrogen-bond donors (Lipinski definition) is 0. The molecule has 0 fully saturated rings. The minimum atomic E-state index is -0.454. The number of rotatable bonds is 8. The molecule has 0 atom stereocenters. The minimum Gasteiger partial charge on any atom is -0.371 e. The summed E-state index contributed by atoms with van der Waals surface area (Å²) in [4.78, 5) is 0. The lowest BCUT2D eigenvalue weighted by Crippen LogP contribution is -2.41.